The summed E-state index contributed by atoms with van der Waals surface area (Å²) in [6.45, 7) is 4.34. The Labute approximate surface area is 131 Å². The number of fused-ring (bicyclic) bond motifs is 1. The lowest BCUT2D eigenvalue weighted by Gasteiger charge is -2.20. The van der Waals surface area contributed by atoms with Crippen molar-refractivity contribution in [3.8, 4) is 11.1 Å². The zero-order valence-electron chi connectivity index (χ0n) is 13.1. The molecule has 1 heterocycles. The van der Waals surface area contributed by atoms with E-state index in [1.165, 1.54) is 22.3 Å². The van der Waals surface area contributed by atoms with Gasteiger partial charge >= 0.3 is 0 Å². The Kier molecular flexibility index (Phi) is 2.97. The third kappa shape index (κ3) is 2.09. The summed E-state index contributed by atoms with van der Waals surface area (Å²) in [7, 11) is 0. The van der Waals surface area contributed by atoms with Crippen LogP contribution in [0.5, 0.6) is 0 Å². The first kappa shape index (κ1) is 13.4. The van der Waals surface area contributed by atoms with Crippen LogP contribution in [0.1, 0.15) is 29.6 Å². The Morgan fingerprint density at radius 1 is 0.864 bits per heavy atom. The molecule has 110 valence electrons. The second kappa shape index (κ2) is 4.88. The molecule has 0 aliphatic heterocycles. The van der Waals surface area contributed by atoms with Crippen molar-refractivity contribution in [1.82, 2.24) is 0 Å². The standard InChI is InChI=1S/C21H20O/c1-15-11-12-20(22-15)21(2)13-17-9-6-10-18(19(17)14-21)16-7-4-3-5-8-16/h3-12H,13-14H2,1-2H3. The molecule has 0 fully saturated rings. The summed E-state index contributed by atoms with van der Waals surface area (Å²) in [5, 5.41) is 0. The van der Waals surface area contributed by atoms with Gasteiger partial charge in [-0.3, -0.25) is 0 Å². The number of rotatable bonds is 2. The predicted molar refractivity (Wildman–Crippen MR) is 90.1 cm³/mol. The van der Waals surface area contributed by atoms with Gasteiger partial charge in [0, 0.05) is 5.41 Å². The summed E-state index contributed by atoms with van der Waals surface area (Å²) in [5.41, 5.74) is 5.68. The lowest BCUT2D eigenvalue weighted by molar-refractivity contribution is 0.362. The van der Waals surface area contributed by atoms with Crippen molar-refractivity contribution in [1.29, 1.82) is 0 Å². The summed E-state index contributed by atoms with van der Waals surface area (Å²) in [6.07, 6.45) is 2.09. The molecule has 22 heavy (non-hydrogen) atoms. The first-order chi connectivity index (χ1) is 10.7. The number of aryl methyl sites for hydroxylation is 1. The maximum Gasteiger partial charge on any atom is 0.110 e. The van der Waals surface area contributed by atoms with Crippen LogP contribution >= 0.6 is 0 Å². The van der Waals surface area contributed by atoms with E-state index in [0.717, 1.165) is 24.4 Å². The maximum atomic E-state index is 5.95. The Bertz CT molecular complexity index is 813. The van der Waals surface area contributed by atoms with Crippen molar-refractivity contribution < 1.29 is 4.42 Å². The Morgan fingerprint density at radius 3 is 2.41 bits per heavy atom. The van der Waals surface area contributed by atoms with Gasteiger partial charge in [-0.25, -0.2) is 0 Å². The fraction of sp³-hybridized carbons (Fsp3) is 0.238. The van der Waals surface area contributed by atoms with Crippen LogP contribution in [0.3, 0.4) is 0 Å². The molecular formula is C21H20O. The van der Waals surface area contributed by atoms with E-state index < -0.39 is 0 Å². The van der Waals surface area contributed by atoms with Crippen molar-refractivity contribution in [2.45, 2.75) is 32.1 Å². The summed E-state index contributed by atoms with van der Waals surface area (Å²) in [6, 6.07) is 21.6. The van der Waals surface area contributed by atoms with Crippen LogP contribution in [0.15, 0.2) is 65.1 Å². The molecule has 0 amide bonds. The summed E-state index contributed by atoms with van der Waals surface area (Å²) in [4.78, 5) is 0. The van der Waals surface area contributed by atoms with Gasteiger partial charge < -0.3 is 4.42 Å². The highest BCUT2D eigenvalue weighted by molar-refractivity contribution is 5.70. The van der Waals surface area contributed by atoms with Crippen LogP contribution in [0.4, 0.5) is 0 Å². The molecule has 4 rings (SSSR count). The molecule has 2 aromatic carbocycles. The molecule has 0 saturated carbocycles. The van der Waals surface area contributed by atoms with Crippen molar-refractivity contribution in [3.63, 3.8) is 0 Å². The van der Waals surface area contributed by atoms with Gasteiger partial charge in [-0.05, 0) is 54.2 Å². The van der Waals surface area contributed by atoms with Crippen LogP contribution in [-0.2, 0) is 18.3 Å². The number of hydrogen-bond acceptors (Lipinski definition) is 1. The van der Waals surface area contributed by atoms with Gasteiger partial charge in [0.1, 0.15) is 11.5 Å². The van der Waals surface area contributed by atoms with Crippen molar-refractivity contribution in [2.24, 2.45) is 0 Å². The molecule has 0 spiro atoms. The van der Waals surface area contributed by atoms with E-state index in [9.17, 15) is 0 Å². The second-order valence-corrected chi connectivity index (χ2v) is 6.63. The van der Waals surface area contributed by atoms with Gasteiger partial charge in [0.15, 0.2) is 0 Å². The number of hydrogen-bond donors (Lipinski definition) is 0. The topological polar surface area (TPSA) is 13.1 Å². The SMILES string of the molecule is Cc1ccc(C2(C)Cc3cccc(-c4ccccc4)c3C2)o1. The molecule has 0 saturated heterocycles. The minimum Gasteiger partial charge on any atom is -0.466 e. The molecule has 0 radical (unpaired) electrons. The molecule has 1 aromatic heterocycles. The summed E-state index contributed by atoms with van der Waals surface area (Å²) in [5.74, 6) is 2.11. The average molecular weight is 288 g/mol. The van der Waals surface area contributed by atoms with Gasteiger partial charge in [0.2, 0.25) is 0 Å². The quantitative estimate of drug-likeness (QED) is 0.622. The third-order valence-corrected chi connectivity index (χ3v) is 4.84. The lowest BCUT2D eigenvalue weighted by Crippen LogP contribution is -2.21. The van der Waals surface area contributed by atoms with Crippen molar-refractivity contribution >= 4 is 0 Å². The Morgan fingerprint density at radius 2 is 1.68 bits per heavy atom. The minimum atomic E-state index is 0.0709. The molecule has 1 nitrogen and oxygen atoms in total. The summed E-state index contributed by atoms with van der Waals surface area (Å²) < 4.78 is 5.95. The highest BCUT2D eigenvalue weighted by Gasteiger charge is 2.38. The van der Waals surface area contributed by atoms with Gasteiger partial charge in [0.05, 0.1) is 0 Å². The van der Waals surface area contributed by atoms with E-state index in [1.54, 1.807) is 0 Å². The van der Waals surface area contributed by atoms with Crippen molar-refractivity contribution in [2.75, 3.05) is 0 Å². The summed E-state index contributed by atoms with van der Waals surface area (Å²) >= 11 is 0. The fourth-order valence-corrected chi connectivity index (χ4v) is 3.70. The zero-order chi connectivity index (χ0) is 15.2. The molecule has 1 atom stereocenters. The smallest absolute Gasteiger partial charge is 0.110 e. The van der Waals surface area contributed by atoms with Gasteiger partial charge in [-0.2, -0.15) is 0 Å². The molecule has 0 bridgehead atoms. The van der Waals surface area contributed by atoms with Crippen LogP contribution < -0.4 is 0 Å². The van der Waals surface area contributed by atoms with E-state index in [1.807, 2.05) is 6.92 Å². The first-order valence-corrected chi connectivity index (χ1v) is 7.89. The van der Waals surface area contributed by atoms with Crippen LogP contribution in [0, 0.1) is 6.92 Å². The highest BCUT2D eigenvalue weighted by atomic mass is 16.3. The zero-order valence-corrected chi connectivity index (χ0v) is 13.1. The third-order valence-electron chi connectivity index (χ3n) is 4.84. The van der Waals surface area contributed by atoms with Gasteiger partial charge in [-0.15, -0.1) is 0 Å². The molecular weight excluding hydrogens is 268 g/mol. The van der Waals surface area contributed by atoms with E-state index in [-0.39, 0.29) is 5.41 Å². The average Bonchev–Trinajstić information content (AvgIpc) is 3.11. The van der Waals surface area contributed by atoms with Gasteiger partial charge in [0.25, 0.3) is 0 Å². The number of benzene rings is 2. The normalized spacial score (nSPS) is 20.1. The van der Waals surface area contributed by atoms with E-state index in [4.69, 9.17) is 4.42 Å². The Balaban J connectivity index is 1.79. The molecule has 1 aliphatic carbocycles. The second-order valence-electron chi connectivity index (χ2n) is 6.63. The molecule has 1 unspecified atom stereocenters. The highest BCUT2D eigenvalue weighted by Crippen LogP contribution is 2.43. The Hall–Kier alpha value is -2.28. The fourth-order valence-electron chi connectivity index (χ4n) is 3.70. The van der Waals surface area contributed by atoms with Crippen molar-refractivity contribution in [3.05, 3.63) is 83.3 Å². The predicted octanol–water partition coefficient (Wildman–Crippen LogP) is 5.31. The van der Waals surface area contributed by atoms with Crippen LogP contribution in [0.25, 0.3) is 11.1 Å². The largest absolute Gasteiger partial charge is 0.466 e. The molecule has 3 aromatic rings. The lowest BCUT2D eigenvalue weighted by atomic mass is 9.84. The van der Waals surface area contributed by atoms with Gasteiger partial charge in [-0.1, -0.05) is 55.5 Å². The van der Waals surface area contributed by atoms with Crippen LogP contribution in [-0.4, -0.2) is 0 Å². The molecule has 1 heteroatoms. The van der Waals surface area contributed by atoms with E-state index in [0.29, 0.717) is 0 Å². The molecule has 0 N–H and O–H groups in total. The van der Waals surface area contributed by atoms with E-state index in [2.05, 4.69) is 67.6 Å². The maximum absolute atomic E-state index is 5.95. The minimum absolute atomic E-state index is 0.0709. The van der Waals surface area contributed by atoms with Crippen LogP contribution in [0.2, 0.25) is 0 Å². The number of furan rings is 1. The molecule has 1 aliphatic rings. The van der Waals surface area contributed by atoms with E-state index >= 15 is 0 Å². The first-order valence-electron chi connectivity index (χ1n) is 7.89. The monoisotopic (exact) mass is 288 g/mol.